The van der Waals surface area contributed by atoms with Gasteiger partial charge in [0.25, 0.3) is 5.91 Å². The second-order valence-electron chi connectivity index (χ2n) is 7.92. The average molecular weight is 573 g/mol. The molecule has 0 radical (unpaired) electrons. The Balaban J connectivity index is 1.83. The van der Waals surface area contributed by atoms with Crippen molar-refractivity contribution in [1.29, 1.82) is 0 Å². The molecule has 4 rings (SSSR count). The number of esters is 1. The molecule has 37 heavy (non-hydrogen) atoms. The van der Waals surface area contributed by atoms with Crippen molar-refractivity contribution in [2.45, 2.75) is 20.2 Å². The van der Waals surface area contributed by atoms with E-state index in [1.807, 2.05) is 30.3 Å². The predicted octanol–water partition coefficient (Wildman–Crippen LogP) is 7.30. The van der Waals surface area contributed by atoms with Gasteiger partial charge in [-0.1, -0.05) is 46.3 Å². The van der Waals surface area contributed by atoms with Crippen molar-refractivity contribution in [1.82, 2.24) is 4.98 Å². The van der Waals surface area contributed by atoms with Gasteiger partial charge in [-0.05, 0) is 55.8 Å². The number of nitrogens with zero attached hydrogens (tertiary/aromatic N) is 1. The molecule has 3 aromatic carbocycles. The monoisotopic (exact) mass is 572 g/mol. The minimum atomic E-state index is -5.06. The zero-order valence-corrected chi connectivity index (χ0v) is 21.2. The van der Waals surface area contributed by atoms with Gasteiger partial charge in [-0.25, -0.2) is 9.78 Å². The van der Waals surface area contributed by atoms with E-state index in [0.717, 1.165) is 17.7 Å². The molecule has 0 aliphatic carbocycles. The topological polar surface area (TPSA) is 77.5 Å². The van der Waals surface area contributed by atoms with E-state index in [1.54, 1.807) is 32.0 Å². The molecule has 0 fully saturated rings. The number of benzene rings is 3. The third-order valence-electron chi connectivity index (χ3n) is 5.43. The summed E-state index contributed by atoms with van der Waals surface area (Å²) in [4.78, 5) is 30.4. The van der Waals surface area contributed by atoms with Crippen molar-refractivity contribution in [3.63, 3.8) is 0 Å². The fourth-order valence-electron chi connectivity index (χ4n) is 3.86. The number of ether oxygens (including phenoxy) is 2. The zero-order chi connectivity index (χ0) is 26.7. The number of rotatable bonds is 6. The Morgan fingerprint density at radius 2 is 1.76 bits per heavy atom. The molecule has 0 atom stereocenters. The van der Waals surface area contributed by atoms with E-state index in [2.05, 4.69) is 26.0 Å². The molecule has 0 unspecified atom stereocenters. The lowest BCUT2D eigenvalue weighted by molar-refractivity contribution is -0.274. The molecule has 0 saturated heterocycles. The second kappa shape index (κ2) is 10.6. The second-order valence-corrected chi connectivity index (χ2v) is 8.84. The number of pyridine rings is 1. The predicted molar refractivity (Wildman–Crippen MR) is 137 cm³/mol. The highest BCUT2D eigenvalue weighted by molar-refractivity contribution is 9.10. The van der Waals surface area contributed by atoms with E-state index in [0.29, 0.717) is 26.6 Å². The summed E-state index contributed by atoms with van der Waals surface area (Å²) in [5.41, 5.74) is 2.22. The van der Waals surface area contributed by atoms with Gasteiger partial charge in [-0.2, -0.15) is 0 Å². The van der Waals surface area contributed by atoms with Crippen molar-refractivity contribution in [2.24, 2.45) is 0 Å². The number of anilines is 1. The van der Waals surface area contributed by atoms with Crippen LogP contribution in [0.5, 0.6) is 5.75 Å². The molecule has 0 saturated carbocycles. The minimum Gasteiger partial charge on any atom is -0.462 e. The summed E-state index contributed by atoms with van der Waals surface area (Å²) in [5, 5.41) is 3.02. The first kappa shape index (κ1) is 26.2. The quantitative estimate of drug-likeness (QED) is 0.245. The van der Waals surface area contributed by atoms with Gasteiger partial charge >= 0.3 is 12.3 Å². The first-order valence-electron chi connectivity index (χ1n) is 11.1. The summed E-state index contributed by atoms with van der Waals surface area (Å²) in [6.45, 7) is 3.34. The molecule has 1 N–H and O–H groups in total. The highest BCUT2D eigenvalue weighted by atomic mass is 79.9. The highest BCUT2D eigenvalue weighted by Gasteiger charge is 2.33. The average Bonchev–Trinajstić information content (AvgIpc) is 2.84. The number of carbonyl (C=O) groups is 2. The first-order valence-corrected chi connectivity index (χ1v) is 11.9. The summed E-state index contributed by atoms with van der Waals surface area (Å²) in [5.74, 6) is -2.23. The van der Waals surface area contributed by atoms with Crippen molar-refractivity contribution >= 4 is 44.4 Å². The number of hydrogen-bond donors (Lipinski definition) is 1. The van der Waals surface area contributed by atoms with Crippen LogP contribution in [0, 0.1) is 6.92 Å². The molecule has 190 valence electrons. The summed E-state index contributed by atoms with van der Waals surface area (Å²) < 4.78 is 49.1. The Morgan fingerprint density at radius 3 is 2.43 bits per heavy atom. The fraction of sp³-hybridized carbons (Fsp3) is 0.148. The van der Waals surface area contributed by atoms with Gasteiger partial charge < -0.3 is 14.8 Å². The van der Waals surface area contributed by atoms with Crippen LogP contribution in [-0.4, -0.2) is 29.8 Å². The van der Waals surface area contributed by atoms with Gasteiger partial charge in [0.15, 0.2) is 5.75 Å². The van der Waals surface area contributed by atoms with Gasteiger partial charge in [-0.3, -0.25) is 4.79 Å². The van der Waals surface area contributed by atoms with Gasteiger partial charge in [0.2, 0.25) is 0 Å². The van der Waals surface area contributed by atoms with Crippen LogP contribution >= 0.6 is 15.9 Å². The molecule has 1 aromatic heterocycles. The number of amides is 1. The van der Waals surface area contributed by atoms with Gasteiger partial charge in [0.1, 0.15) is 0 Å². The number of halogens is 4. The third kappa shape index (κ3) is 5.91. The Kier molecular flexibility index (Phi) is 7.49. The maximum Gasteiger partial charge on any atom is 0.573 e. The van der Waals surface area contributed by atoms with E-state index in [1.165, 1.54) is 6.07 Å². The van der Waals surface area contributed by atoms with Crippen molar-refractivity contribution < 1.29 is 32.2 Å². The largest absolute Gasteiger partial charge is 0.573 e. The van der Waals surface area contributed by atoms with E-state index in [9.17, 15) is 22.8 Å². The Hall–Kier alpha value is -3.92. The first-order chi connectivity index (χ1) is 17.6. The van der Waals surface area contributed by atoms with E-state index < -0.39 is 24.0 Å². The van der Waals surface area contributed by atoms with Crippen LogP contribution in [0.2, 0.25) is 0 Å². The number of carbonyl (C=O) groups excluding carboxylic acids is 2. The number of alkyl halides is 3. The molecule has 0 aliphatic heterocycles. The lowest BCUT2D eigenvalue weighted by atomic mass is 9.97. The minimum absolute atomic E-state index is 0.0421. The van der Waals surface area contributed by atoms with Crippen LogP contribution < -0.4 is 10.1 Å². The number of aromatic nitrogens is 1. The molecular formula is C27H20BrF3N2O4. The fourth-order valence-corrected chi connectivity index (χ4v) is 4.22. The van der Waals surface area contributed by atoms with Crippen molar-refractivity contribution in [3.05, 3.63) is 87.9 Å². The Morgan fingerprint density at radius 1 is 1.03 bits per heavy atom. The summed E-state index contributed by atoms with van der Waals surface area (Å²) in [7, 11) is 0. The molecule has 10 heteroatoms. The number of hydrogen-bond acceptors (Lipinski definition) is 5. The third-order valence-corrected chi connectivity index (χ3v) is 5.92. The molecule has 0 bridgehead atoms. The van der Waals surface area contributed by atoms with Crippen LogP contribution in [0.4, 0.5) is 18.9 Å². The van der Waals surface area contributed by atoms with Crippen molar-refractivity contribution in [3.8, 4) is 17.0 Å². The summed E-state index contributed by atoms with van der Waals surface area (Å²) >= 11 is 3.40. The van der Waals surface area contributed by atoms with E-state index >= 15 is 0 Å². The molecule has 0 aliphatic rings. The van der Waals surface area contributed by atoms with Crippen LogP contribution in [0.1, 0.15) is 33.2 Å². The molecule has 1 heterocycles. The smallest absolute Gasteiger partial charge is 0.462 e. The molecule has 0 spiro atoms. The standard InChI is InChI=1S/C27H20BrF3N2O4/c1-3-36-26(35)17-9-11-21(22(13-17)37-27(29,30)31)33-25(34)23-15(2)24(16-7-5-4-6-8-16)32-20-12-10-18(28)14-19(20)23/h4-14H,3H2,1-2H3,(H,33,34). The lowest BCUT2D eigenvalue weighted by Crippen LogP contribution is -2.21. The molecular weight excluding hydrogens is 553 g/mol. The van der Waals surface area contributed by atoms with E-state index in [4.69, 9.17) is 9.72 Å². The Bertz CT molecular complexity index is 1490. The van der Waals surface area contributed by atoms with Crippen LogP contribution in [0.25, 0.3) is 22.2 Å². The van der Waals surface area contributed by atoms with Crippen LogP contribution in [-0.2, 0) is 4.74 Å². The SMILES string of the molecule is CCOC(=O)c1ccc(NC(=O)c2c(C)c(-c3ccccc3)nc3ccc(Br)cc23)c(OC(F)(F)F)c1. The number of fused-ring (bicyclic) bond motifs is 1. The summed E-state index contributed by atoms with van der Waals surface area (Å²) in [6.07, 6.45) is -5.06. The highest BCUT2D eigenvalue weighted by Crippen LogP contribution is 2.35. The molecule has 4 aromatic rings. The van der Waals surface area contributed by atoms with Gasteiger partial charge in [0.05, 0.1) is 34.6 Å². The molecule has 1 amide bonds. The van der Waals surface area contributed by atoms with Crippen LogP contribution in [0.3, 0.4) is 0 Å². The normalized spacial score (nSPS) is 11.3. The number of nitrogens with one attached hydrogen (secondary N) is 1. The zero-order valence-electron chi connectivity index (χ0n) is 19.7. The lowest BCUT2D eigenvalue weighted by Gasteiger charge is -2.18. The maximum atomic E-state index is 13.6. The van der Waals surface area contributed by atoms with Crippen molar-refractivity contribution in [2.75, 3.05) is 11.9 Å². The van der Waals surface area contributed by atoms with Crippen LogP contribution in [0.15, 0.2) is 71.2 Å². The Labute approximate surface area is 218 Å². The van der Waals surface area contributed by atoms with E-state index in [-0.39, 0.29) is 23.4 Å². The summed E-state index contributed by atoms with van der Waals surface area (Å²) in [6, 6.07) is 17.8. The van der Waals surface area contributed by atoms with Gasteiger partial charge in [0, 0.05) is 15.4 Å². The molecule has 6 nitrogen and oxygen atoms in total. The maximum absolute atomic E-state index is 13.6. The van der Waals surface area contributed by atoms with Gasteiger partial charge in [-0.15, -0.1) is 13.2 Å².